The zero-order chi connectivity index (χ0) is 12.3. The Kier molecular flexibility index (Phi) is 3.52. The summed E-state index contributed by atoms with van der Waals surface area (Å²) in [6.07, 6.45) is 3.08. The molecule has 0 radical (unpaired) electrons. The minimum Gasteiger partial charge on any atom is -0.497 e. The minimum absolute atomic E-state index is 0.189. The number of hydrogen-bond acceptors (Lipinski definition) is 3. The second kappa shape index (κ2) is 4.92. The van der Waals surface area contributed by atoms with Crippen molar-refractivity contribution in [2.75, 3.05) is 13.7 Å². The molecule has 2 rings (SSSR count). The molecular weight excluding hydrogens is 234 g/mol. The van der Waals surface area contributed by atoms with E-state index in [9.17, 15) is 0 Å². The number of methoxy groups -OCH3 is 1. The lowest BCUT2D eigenvalue weighted by atomic mass is 10.0. The third-order valence-corrected chi connectivity index (χ3v) is 3.24. The van der Waals surface area contributed by atoms with Crippen molar-refractivity contribution in [3.05, 3.63) is 24.3 Å². The van der Waals surface area contributed by atoms with Crippen molar-refractivity contribution in [2.45, 2.75) is 19.3 Å². The zero-order valence-electron chi connectivity index (χ0n) is 9.94. The molecular formula is C13H17NO2S. The first kappa shape index (κ1) is 12.2. The van der Waals surface area contributed by atoms with E-state index in [1.807, 2.05) is 24.3 Å². The maximum Gasteiger partial charge on any atom is 0.123 e. The van der Waals surface area contributed by atoms with E-state index < -0.39 is 0 Å². The molecule has 17 heavy (non-hydrogen) atoms. The van der Waals surface area contributed by atoms with Gasteiger partial charge in [0, 0.05) is 17.9 Å². The largest absolute Gasteiger partial charge is 0.497 e. The molecule has 4 heteroatoms. The van der Waals surface area contributed by atoms with Crippen LogP contribution in [0.4, 0.5) is 0 Å². The molecule has 1 aliphatic rings. The zero-order valence-corrected chi connectivity index (χ0v) is 10.8. The summed E-state index contributed by atoms with van der Waals surface area (Å²) in [6, 6.07) is 7.63. The van der Waals surface area contributed by atoms with Gasteiger partial charge in [0.2, 0.25) is 0 Å². The molecule has 92 valence electrons. The summed E-state index contributed by atoms with van der Waals surface area (Å²) in [5.41, 5.74) is 5.78. The molecule has 0 unspecified atom stereocenters. The van der Waals surface area contributed by atoms with Crippen molar-refractivity contribution in [1.29, 1.82) is 0 Å². The molecule has 0 aliphatic heterocycles. The fourth-order valence-corrected chi connectivity index (χ4v) is 2.15. The van der Waals surface area contributed by atoms with Crippen LogP contribution in [0.25, 0.3) is 0 Å². The van der Waals surface area contributed by atoms with Crippen LogP contribution in [-0.2, 0) is 0 Å². The molecule has 1 aromatic rings. The Labute approximate surface area is 107 Å². The Hall–Kier alpha value is -1.29. The number of thiocarbonyl (C=S) groups is 1. The van der Waals surface area contributed by atoms with Gasteiger partial charge in [0.1, 0.15) is 11.5 Å². The van der Waals surface area contributed by atoms with E-state index in [1.54, 1.807) is 7.11 Å². The van der Waals surface area contributed by atoms with Crippen LogP contribution in [0.5, 0.6) is 11.5 Å². The van der Waals surface area contributed by atoms with Gasteiger partial charge >= 0.3 is 0 Å². The Morgan fingerprint density at radius 3 is 2.71 bits per heavy atom. The van der Waals surface area contributed by atoms with Crippen molar-refractivity contribution in [3.8, 4) is 11.5 Å². The molecule has 0 atom stereocenters. The lowest BCUT2D eigenvalue weighted by molar-refractivity contribution is 0.238. The Morgan fingerprint density at radius 1 is 1.41 bits per heavy atom. The monoisotopic (exact) mass is 251 g/mol. The van der Waals surface area contributed by atoms with Crippen molar-refractivity contribution < 1.29 is 9.47 Å². The third-order valence-electron chi connectivity index (χ3n) is 3.09. The van der Waals surface area contributed by atoms with Gasteiger partial charge < -0.3 is 15.2 Å². The summed E-state index contributed by atoms with van der Waals surface area (Å²) < 4.78 is 10.9. The minimum atomic E-state index is 0.189. The number of nitrogens with two attached hydrogens (primary N) is 1. The van der Waals surface area contributed by atoms with Gasteiger partial charge in [-0.15, -0.1) is 0 Å². The number of rotatable bonds is 6. The Bertz CT molecular complexity index is 416. The van der Waals surface area contributed by atoms with Crippen LogP contribution < -0.4 is 15.2 Å². The highest BCUT2D eigenvalue weighted by Crippen LogP contribution is 2.49. The summed E-state index contributed by atoms with van der Waals surface area (Å²) >= 11 is 4.96. The average molecular weight is 251 g/mol. The summed E-state index contributed by atoms with van der Waals surface area (Å²) in [7, 11) is 1.65. The first-order valence-corrected chi connectivity index (χ1v) is 6.10. The highest BCUT2D eigenvalue weighted by atomic mass is 32.1. The van der Waals surface area contributed by atoms with E-state index in [2.05, 4.69) is 0 Å². The summed E-state index contributed by atoms with van der Waals surface area (Å²) in [4.78, 5) is 0.580. The lowest BCUT2D eigenvalue weighted by Crippen LogP contribution is -2.20. The number of benzene rings is 1. The van der Waals surface area contributed by atoms with Gasteiger partial charge in [-0.25, -0.2) is 0 Å². The van der Waals surface area contributed by atoms with Gasteiger partial charge in [0.15, 0.2) is 0 Å². The van der Waals surface area contributed by atoms with Crippen molar-refractivity contribution in [2.24, 2.45) is 11.1 Å². The van der Waals surface area contributed by atoms with E-state index in [1.165, 1.54) is 0 Å². The molecule has 2 N–H and O–H groups in total. The molecule has 1 saturated carbocycles. The van der Waals surface area contributed by atoms with Gasteiger partial charge in [-0.3, -0.25) is 0 Å². The molecule has 1 aromatic carbocycles. The first-order valence-electron chi connectivity index (χ1n) is 5.69. The Balaban J connectivity index is 1.91. The molecule has 1 fully saturated rings. The highest BCUT2D eigenvalue weighted by molar-refractivity contribution is 7.80. The number of ether oxygens (including phenoxy) is 2. The summed E-state index contributed by atoms with van der Waals surface area (Å²) in [6.45, 7) is 0.678. The molecule has 0 spiro atoms. The third kappa shape index (κ3) is 3.33. The van der Waals surface area contributed by atoms with Crippen LogP contribution in [0.3, 0.4) is 0 Å². The van der Waals surface area contributed by atoms with E-state index in [-0.39, 0.29) is 5.41 Å². The predicted molar refractivity (Wildman–Crippen MR) is 71.6 cm³/mol. The maximum absolute atomic E-state index is 5.78. The van der Waals surface area contributed by atoms with E-state index in [4.69, 9.17) is 27.4 Å². The van der Waals surface area contributed by atoms with Crippen molar-refractivity contribution >= 4 is 17.2 Å². The van der Waals surface area contributed by atoms with E-state index in [0.717, 1.165) is 30.8 Å². The standard InChI is InChI=1S/C13H17NO2S/c1-15-10-3-2-4-11(7-10)16-9-13(5-6-13)8-12(14)17/h2-4,7H,5-6,8-9H2,1H3,(H2,14,17). The lowest BCUT2D eigenvalue weighted by Gasteiger charge is -2.15. The predicted octanol–water partition coefficient (Wildman–Crippen LogP) is 2.53. The van der Waals surface area contributed by atoms with Gasteiger partial charge in [0.05, 0.1) is 18.7 Å². The fraction of sp³-hybridized carbons (Fsp3) is 0.462. The SMILES string of the molecule is COc1cccc(OCC2(CC(N)=S)CC2)c1. The number of hydrogen-bond donors (Lipinski definition) is 1. The smallest absolute Gasteiger partial charge is 0.123 e. The molecule has 1 aliphatic carbocycles. The van der Waals surface area contributed by atoms with Gasteiger partial charge in [-0.2, -0.15) is 0 Å². The summed E-state index contributed by atoms with van der Waals surface area (Å²) in [5.74, 6) is 1.64. The normalized spacial score (nSPS) is 16.3. The van der Waals surface area contributed by atoms with Crippen LogP contribution in [0, 0.1) is 5.41 Å². The van der Waals surface area contributed by atoms with E-state index >= 15 is 0 Å². The van der Waals surface area contributed by atoms with Crippen LogP contribution >= 0.6 is 12.2 Å². The van der Waals surface area contributed by atoms with Crippen LogP contribution in [-0.4, -0.2) is 18.7 Å². The van der Waals surface area contributed by atoms with Crippen LogP contribution in [0.2, 0.25) is 0 Å². The quantitative estimate of drug-likeness (QED) is 0.789. The second-order valence-corrected chi connectivity index (χ2v) is 5.14. The molecule has 0 aromatic heterocycles. The fourth-order valence-electron chi connectivity index (χ4n) is 1.85. The van der Waals surface area contributed by atoms with Crippen molar-refractivity contribution in [3.63, 3.8) is 0 Å². The topological polar surface area (TPSA) is 44.5 Å². The molecule has 0 saturated heterocycles. The second-order valence-electron chi connectivity index (χ2n) is 4.61. The molecule has 0 amide bonds. The molecule has 3 nitrogen and oxygen atoms in total. The summed E-state index contributed by atoms with van der Waals surface area (Å²) in [5, 5.41) is 0. The van der Waals surface area contributed by atoms with Crippen LogP contribution in [0.1, 0.15) is 19.3 Å². The van der Waals surface area contributed by atoms with Crippen LogP contribution in [0.15, 0.2) is 24.3 Å². The molecule has 0 bridgehead atoms. The van der Waals surface area contributed by atoms with Gasteiger partial charge in [-0.05, 0) is 25.0 Å². The first-order chi connectivity index (χ1) is 8.13. The molecule has 0 heterocycles. The highest BCUT2D eigenvalue weighted by Gasteiger charge is 2.43. The average Bonchev–Trinajstić information content (AvgIpc) is 3.06. The van der Waals surface area contributed by atoms with Crippen molar-refractivity contribution in [1.82, 2.24) is 0 Å². The van der Waals surface area contributed by atoms with Gasteiger partial charge in [-0.1, -0.05) is 18.3 Å². The van der Waals surface area contributed by atoms with Gasteiger partial charge in [0.25, 0.3) is 0 Å². The Morgan fingerprint density at radius 2 is 2.12 bits per heavy atom. The van der Waals surface area contributed by atoms with E-state index in [0.29, 0.717) is 11.6 Å². The maximum atomic E-state index is 5.78.